The number of carboxylic acids is 1. The first-order chi connectivity index (χ1) is 10.1. The van der Waals surface area contributed by atoms with Gasteiger partial charge >= 0.3 is 5.97 Å². The third-order valence-electron chi connectivity index (χ3n) is 3.61. The number of hydrogen-bond acceptors (Lipinski definition) is 1. The molecule has 21 heavy (non-hydrogen) atoms. The number of nitrogens with one attached hydrogen (secondary N) is 1. The van der Waals surface area contributed by atoms with E-state index in [-0.39, 0.29) is 12.2 Å². The van der Waals surface area contributed by atoms with E-state index in [1.807, 2.05) is 25.1 Å². The van der Waals surface area contributed by atoms with E-state index in [1.54, 1.807) is 12.1 Å². The lowest BCUT2D eigenvalue weighted by atomic mass is 10.0. The topological polar surface area (TPSA) is 53.1 Å². The molecule has 0 unspecified atom stereocenters. The molecule has 0 bridgehead atoms. The first-order valence-corrected chi connectivity index (χ1v) is 6.64. The maximum Gasteiger partial charge on any atom is 0.307 e. The fourth-order valence-electron chi connectivity index (χ4n) is 2.62. The third-order valence-corrected chi connectivity index (χ3v) is 3.61. The number of halogens is 1. The van der Waals surface area contributed by atoms with Gasteiger partial charge in [-0.05, 0) is 47.9 Å². The summed E-state index contributed by atoms with van der Waals surface area (Å²) in [5.74, 6) is -1.20. The molecular formula is C17H14FNO2. The Bertz CT molecular complexity index is 819. The molecule has 2 N–H and O–H groups in total. The van der Waals surface area contributed by atoms with Crippen molar-refractivity contribution in [3.05, 3.63) is 59.4 Å². The van der Waals surface area contributed by atoms with Gasteiger partial charge in [0.2, 0.25) is 0 Å². The van der Waals surface area contributed by atoms with Gasteiger partial charge in [-0.1, -0.05) is 18.2 Å². The predicted molar refractivity (Wildman–Crippen MR) is 79.8 cm³/mol. The van der Waals surface area contributed by atoms with Crippen molar-refractivity contribution in [2.24, 2.45) is 0 Å². The summed E-state index contributed by atoms with van der Waals surface area (Å²) in [6.45, 7) is 1.97. The molecule has 1 heterocycles. The summed E-state index contributed by atoms with van der Waals surface area (Å²) in [5.41, 5.74) is 4.22. The molecule has 0 spiro atoms. The van der Waals surface area contributed by atoms with Crippen molar-refractivity contribution in [3.8, 4) is 11.3 Å². The van der Waals surface area contributed by atoms with Crippen molar-refractivity contribution in [2.45, 2.75) is 13.3 Å². The first kappa shape index (κ1) is 13.4. The molecule has 1 aromatic heterocycles. The molecule has 106 valence electrons. The van der Waals surface area contributed by atoms with Crippen LogP contribution in [0.25, 0.3) is 22.2 Å². The van der Waals surface area contributed by atoms with Gasteiger partial charge in [0.05, 0.1) is 12.1 Å². The number of aryl methyl sites for hydroxylation is 1. The molecular weight excluding hydrogens is 269 g/mol. The van der Waals surface area contributed by atoms with E-state index in [0.29, 0.717) is 0 Å². The van der Waals surface area contributed by atoms with Crippen LogP contribution in [0.3, 0.4) is 0 Å². The Labute approximate surface area is 121 Å². The highest BCUT2D eigenvalue weighted by molar-refractivity contribution is 5.95. The maximum atomic E-state index is 13.1. The minimum atomic E-state index is -0.888. The number of rotatable bonds is 3. The largest absolute Gasteiger partial charge is 0.481 e. The standard InChI is InChI=1S/C17H14FNO2/c1-10-3-2-4-13-14(9-15(20)21)17(19-16(10)13)11-5-7-12(18)8-6-11/h2-8,19H,9H2,1H3,(H,20,21). The van der Waals surface area contributed by atoms with Gasteiger partial charge in [-0.25, -0.2) is 4.39 Å². The average molecular weight is 283 g/mol. The van der Waals surface area contributed by atoms with Crippen LogP contribution in [0.1, 0.15) is 11.1 Å². The van der Waals surface area contributed by atoms with Gasteiger partial charge in [-0.15, -0.1) is 0 Å². The fourth-order valence-corrected chi connectivity index (χ4v) is 2.62. The minimum Gasteiger partial charge on any atom is -0.481 e. The number of para-hydroxylation sites is 1. The highest BCUT2D eigenvalue weighted by Crippen LogP contribution is 2.32. The van der Waals surface area contributed by atoms with Crippen LogP contribution in [0, 0.1) is 12.7 Å². The number of aliphatic carboxylic acids is 1. The first-order valence-electron chi connectivity index (χ1n) is 6.64. The number of benzene rings is 2. The number of fused-ring (bicyclic) bond motifs is 1. The van der Waals surface area contributed by atoms with Gasteiger partial charge < -0.3 is 10.1 Å². The van der Waals surface area contributed by atoms with E-state index in [1.165, 1.54) is 12.1 Å². The van der Waals surface area contributed by atoms with Crippen LogP contribution in [0.4, 0.5) is 4.39 Å². The molecule has 0 amide bonds. The lowest BCUT2D eigenvalue weighted by Gasteiger charge is -2.03. The van der Waals surface area contributed by atoms with Crippen LogP contribution < -0.4 is 0 Å². The Kier molecular flexibility index (Phi) is 3.22. The summed E-state index contributed by atoms with van der Waals surface area (Å²) in [5, 5.41) is 10.1. The molecule has 3 aromatic rings. The maximum absolute atomic E-state index is 13.1. The summed E-state index contributed by atoms with van der Waals surface area (Å²) >= 11 is 0. The molecule has 0 atom stereocenters. The zero-order valence-electron chi connectivity index (χ0n) is 11.5. The highest BCUT2D eigenvalue weighted by atomic mass is 19.1. The number of hydrogen-bond donors (Lipinski definition) is 2. The van der Waals surface area contributed by atoms with Crippen molar-refractivity contribution >= 4 is 16.9 Å². The molecule has 2 aromatic carbocycles. The number of carboxylic acid groups (broad SMARTS) is 1. The minimum absolute atomic E-state index is 0.0733. The smallest absolute Gasteiger partial charge is 0.307 e. The Morgan fingerprint density at radius 3 is 2.57 bits per heavy atom. The zero-order chi connectivity index (χ0) is 15.0. The highest BCUT2D eigenvalue weighted by Gasteiger charge is 2.16. The number of H-pyrrole nitrogens is 1. The van der Waals surface area contributed by atoms with E-state index in [4.69, 9.17) is 5.11 Å². The van der Waals surface area contributed by atoms with Crippen LogP contribution in [0.15, 0.2) is 42.5 Å². The van der Waals surface area contributed by atoms with Crippen LogP contribution in [-0.2, 0) is 11.2 Å². The molecule has 0 saturated carbocycles. The summed E-state index contributed by atoms with van der Waals surface area (Å²) in [7, 11) is 0. The second kappa shape index (κ2) is 5.05. The molecule has 0 aliphatic rings. The number of aromatic nitrogens is 1. The van der Waals surface area contributed by atoms with Gasteiger partial charge in [0.15, 0.2) is 0 Å². The van der Waals surface area contributed by atoms with Crippen LogP contribution in [-0.4, -0.2) is 16.1 Å². The Morgan fingerprint density at radius 2 is 1.90 bits per heavy atom. The van der Waals surface area contributed by atoms with E-state index < -0.39 is 5.97 Å². The van der Waals surface area contributed by atoms with Gasteiger partial charge in [0.25, 0.3) is 0 Å². The number of aromatic amines is 1. The molecule has 0 saturated heterocycles. The Morgan fingerprint density at radius 1 is 1.19 bits per heavy atom. The quantitative estimate of drug-likeness (QED) is 0.765. The molecule has 3 rings (SSSR count). The fraction of sp³-hybridized carbons (Fsp3) is 0.118. The van der Waals surface area contributed by atoms with Crippen molar-refractivity contribution in [2.75, 3.05) is 0 Å². The number of carbonyl (C=O) groups is 1. The normalized spacial score (nSPS) is 11.0. The summed E-state index contributed by atoms with van der Waals surface area (Å²) < 4.78 is 13.1. The van der Waals surface area contributed by atoms with Crippen molar-refractivity contribution in [1.29, 1.82) is 0 Å². The molecule has 4 heteroatoms. The SMILES string of the molecule is Cc1cccc2c(CC(=O)O)c(-c3ccc(F)cc3)[nH]c12. The molecule has 3 nitrogen and oxygen atoms in total. The molecule has 0 radical (unpaired) electrons. The monoisotopic (exact) mass is 283 g/mol. The average Bonchev–Trinajstić information content (AvgIpc) is 2.80. The van der Waals surface area contributed by atoms with Gasteiger partial charge in [0, 0.05) is 10.9 Å². The van der Waals surface area contributed by atoms with E-state index in [9.17, 15) is 9.18 Å². The third kappa shape index (κ3) is 2.40. The molecule has 0 fully saturated rings. The van der Waals surface area contributed by atoms with E-state index in [0.717, 1.165) is 33.3 Å². The van der Waals surface area contributed by atoms with Gasteiger partial charge in [-0.2, -0.15) is 0 Å². The van der Waals surface area contributed by atoms with E-state index in [2.05, 4.69) is 4.98 Å². The van der Waals surface area contributed by atoms with E-state index >= 15 is 0 Å². The lowest BCUT2D eigenvalue weighted by Crippen LogP contribution is -2.00. The van der Waals surface area contributed by atoms with Gasteiger partial charge in [-0.3, -0.25) is 4.79 Å². The van der Waals surface area contributed by atoms with Crippen LogP contribution in [0.2, 0.25) is 0 Å². The summed E-state index contributed by atoms with van der Waals surface area (Å²) in [4.78, 5) is 14.4. The second-order valence-electron chi connectivity index (χ2n) is 5.05. The van der Waals surface area contributed by atoms with Crippen LogP contribution in [0.5, 0.6) is 0 Å². The zero-order valence-corrected chi connectivity index (χ0v) is 11.5. The lowest BCUT2D eigenvalue weighted by molar-refractivity contribution is -0.136. The summed E-state index contributed by atoms with van der Waals surface area (Å²) in [6.07, 6.45) is -0.0733. The predicted octanol–water partition coefficient (Wildman–Crippen LogP) is 3.91. The summed E-state index contributed by atoms with van der Waals surface area (Å²) in [6, 6.07) is 11.8. The van der Waals surface area contributed by atoms with Crippen molar-refractivity contribution in [1.82, 2.24) is 4.98 Å². The van der Waals surface area contributed by atoms with Crippen molar-refractivity contribution in [3.63, 3.8) is 0 Å². The second-order valence-corrected chi connectivity index (χ2v) is 5.05. The molecule has 0 aliphatic carbocycles. The Balaban J connectivity index is 2.27. The van der Waals surface area contributed by atoms with Crippen LogP contribution >= 0.6 is 0 Å². The Hall–Kier alpha value is -2.62. The molecule has 0 aliphatic heterocycles. The van der Waals surface area contributed by atoms with Crippen molar-refractivity contribution < 1.29 is 14.3 Å². The van der Waals surface area contributed by atoms with Gasteiger partial charge in [0.1, 0.15) is 5.82 Å².